The van der Waals surface area contributed by atoms with Crippen molar-refractivity contribution in [3.05, 3.63) is 70.0 Å². The summed E-state index contributed by atoms with van der Waals surface area (Å²) < 4.78 is 0. The van der Waals surface area contributed by atoms with E-state index >= 15 is 0 Å². The molecule has 4 rings (SSSR count). The van der Waals surface area contributed by atoms with Gasteiger partial charge in [0.25, 0.3) is 5.69 Å². The average Bonchev–Trinajstić information content (AvgIpc) is 3.21. The van der Waals surface area contributed by atoms with Crippen molar-refractivity contribution in [3.8, 4) is 0 Å². The molecule has 0 N–H and O–H groups in total. The van der Waals surface area contributed by atoms with E-state index < -0.39 is 0 Å². The number of nitro groups is 1. The molecule has 3 heterocycles. The highest BCUT2D eigenvalue weighted by molar-refractivity contribution is 8.14. The van der Waals surface area contributed by atoms with Crippen LogP contribution in [0.5, 0.6) is 0 Å². The summed E-state index contributed by atoms with van der Waals surface area (Å²) in [6.45, 7) is 2.17. The average molecular weight is 354 g/mol. The number of non-ortho nitro benzene ring substituents is 1. The topological polar surface area (TPSA) is 71.6 Å². The fourth-order valence-corrected chi connectivity index (χ4v) is 4.87. The van der Waals surface area contributed by atoms with E-state index in [-0.39, 0.29) is 22.7 Å². The quantitative estimate of drug-likeness (QED) is 0.614. The van der Waals surface area contributed by atoms with Crippen LogP contribution in [0, 0.1) is 10.1 Å². The maximum absolute atomic E-state index is 11.2. The normalized spacial score (nSPS) is 24.9. The van der Waals surface area contributed by atoms with Gasteiger partial charge in [-0.3, -0.25) is 20.1 Å². The number of thioether (sulfide) groups is 1. The summed E-state index contributed by atoms with van der Waals surface area (Å²) in [4.78, 5) is 22.6. The van der Waals surface area contributed by atoms with E-state index in [2.05, 4.69) is 16.8 Å². The van der Waals surface area contributed by atoms with Crippen LogP contribution in [0.25, 0.3) is 0 Å². The first-order valence-corrected chi connectivity index (χ1v) is 9.32. The molecule has 0 unspecified atom stereocenters. The van der Waals surface area contributed by atoms with Crippen molar-refractivity contribution in [3.63, 3.8) is 0 Å². The smallest absolute Gasteiger partial charge is 0.269 e. The number of aromatic nitrogens is 1. The van der Waals surface area contributed by atoms with Gasteiger partial charge < -0.3 is 4.90 Å². The minimum atomic E-state index is -0.341. The van der Waals surface area contributed by atoms with Crippen molar-refractivity contribution in [2.45, 2.75) is 31.5 Å². The second kappa shape index (κ2) is 6.48. The number of hydrogen-bond donors (Lipinski definition) is 0. The third kappa shape index (κ3) is 2.78. The van der Waals surface area contributed by atoms with Crippen LogP contribution in [0.4, 0.5) is 5.69 Å². The van der Waals surface area contributed by atoms with Crippen LogP contribution < -0.4 is 0 Å². The van der Waals surface area contributed by atoms with Crippen molar-refractivity contribution >= 4 is 22.6 Å². The highest BCUT2D eigenvalue weighted by atomic mass is 32.2. The summed E-state index contributed by atoms with van der Waals surface area (Å²) >= 11 is 1.77. The number of amidine groups is 1. The van der Waals surface area contributed by atoms with E-state index in [1.807, 2.05) is 24.3 Å². The van der Waals surface area contributed by atoms with Crippen LogP contribution in [0.2, 0.25) is 0 Å². The lowest BCUT2D eigenvalue weighted by Gasteiger charge is -2.31. The van der Waals surface area contributed by atoms with E-state index in [1.54, 1.807) is 30.1 Å². The Morgan fingerprint density at radius 2 is 2.20 bits per heavy atom. The van der Waals surface area contributed by atoms with Gasteiger partial charge in [0, 0.05) is 30.1 Å². The Balaban J connectivity index is 1.80. The molecule has 1 fully saturated rings. The SMILES string of the molecule is CC[C@@H]1CSC2=N[C@H](c3ccccn3)[C@@H](c3cccc([N+](=O)[O-])c3)N21. The van der Waals surface area contributed by atoms with Crippen LogP contribution in [0.1, 0.15) is 36.7 Å². The molecular weight excluding hydrogens is 336 g/mol. The number of rotatable bonds is 4. The van der Waals surface area contributed by atoms with E-state index in [9.17, 15) is 10.1 Å². The van der Waals surface area contributed by atoms with Gasteiger partial charge in [-0.1, -0.05) is 36.9 Å². The number of nitro benzene ring substituents is 1. The molecule has 0 spiro atoms. The van der Waals surface area contributed by atoms with Gasteiger partial charge in [-0.25, -0.2) is 0 Å². The van der Waals surface area contributed by atoms with Crippen molar-refractivity contribution in [1.29, 1.82) is 0 Å². The molecule has 128 valence electrons. The van der Waals surface area contributed by atoms with Crippen LogP contribution in [0.15, 0.2) is 53.7 Å². The summed E-state index contributed by atoms with van der Waals surface area (Å²) in [5, 5.41) is 12.2. The van der Waals surface area contributed by atoms with E-state index in [0.29, 0.717) is 6.04 Å². The van der Waals surface area contributed by atoms with Gasteiger partial charge in [-0.2, -0.15) is 0 Å². The van der Waals surface area contributed by atoms with Gasteiger partial charge in [0.2, 0.25) is 0 Å². The first kappa shape index (κ1) is 16.1. The molecule has 1 aromatic heterocycles. The zero-order valence-corrected chi connectivity index (χ0v) is 14.6. The number of hydrogen-bond acceptors (Lipinski definition) is 6. The number of aliphatic imine (C=N–C) groups is 1. The lowest BCUT2D eigenvalue weighted by Crippen LogP contribution is -2.35. The number of benzene rings is 1. The summed E-state index contributed by atoms with van der Waals surface area (Å²) in [5.41, 5.74) is 1.94. The largest absolute Gasteiger partial charge is 0.338 e. The second-order valence-corrected chi connectivity index (χ2v) is 7.18. The van der Waals surface area contributed by atoms with Crippen LogP contribution >= 0.6 is 11.8 Å². The maximum atomic E-state index is 11.2. The molecular formula is C18H18N4O2S. The van der Waals surface area contributed by atoms with Crippen LogP contribution in [0.3, 0.4) is 0 Å². The Bertz CT molecular complexity index is 827. The molecule has 1 saturated heterocycles. The molecule has 0 saturated carbocycles. The molecule has 1 aromatic carbocycles. The Hall–Kier alpha value is -2.41. The fourth-order valence-electron chi connectivity index (χ4n) is 3.53. The van der Waals surface area contributed by atoms with Gasteiger partial charge in [0.15, 0.2) is 5.17 Å². The molecule has 3 atom stereocenters. The predicted octanol–water partition coefficient (Wildman–Crippen LogP) is 3.97. The van der Waals surface area contributed by atoms with Crippen molar-refractivity contribution in [1.82, 2.24) is 9.88 Å². The third-order valence-electron chi connectivity index (χ3n) is 4.75. The maximum Gasteiger partial charge on any atom is 0.269 e. The van der Waals surface area contributed by atoms with Gasteiger partial charge in [0.05, 0.1) is 16.7 Å². The molecule has 2 aliphatic rings. The molecule has 25 heavy (non-hydrogen) atoms. The second-order valence-electron chi connectivity index (χ2n) is 6.19. The Morgan fingerprint density at radius 3 is 2.92 bits per heavy atom. The van der Waals surface area contributed by atoms with Crippen molar-refractivity contribution in [2.75, 3.05) is 5.75 Å². The lowest BCUT2D eigenvalue weighted by atomic mass is 9.95. The van der Waals surface area contributed by atoms with Gasteiger partial charge in [0.1, 0.15) is 6.04 Å². The van der Waals surface area contributed by atoms with Crippen LogP contribution in [-0.2, 0) is 0 Å². The number of pyridine rings is 1. The highest BCUT2D eigenvalue weighted by Gasteiger charge is 2.45. The highest BCUT2D eigenvalue weighted by Crippen LogP contribution is 2.48. The Labute approximate surface area is 150 Å². The van der Waals surface area contributed by atoms with E-state index in [0.717, 1.165) is 28.6 Å². The Kier molecular flexibility index (Phi) is 4.17. The predicted molar refractivity (Wildman–Crippen MR) is 98.6 cm³/mol. The third-order valence-corrected chi connectivity index (χ3v) is 5.88. The van der Waals surface area contributed by atoms with E-state index in [4.69, 9.17) is 4.99 Å². The molecule has 6 nitrogen and oxygen atoms in total. The molecule has 0 amide bonds. The lowest BCUT2D eigenvalue weighted by molar-refractivity contribution is -0.385. The summed E-state index contributed by atoms with van der Waals surface area (Å²) in [6, 6.07) is 13.0. The van der Waals surface area contributed by atoms with Gasteiger partial charge in [-0.05, 0) is 24.1 Å². The molecule has 2 aliphatic heterocycles. The first-order valence-electron chi connectivity index (χ1n) is 8.33. The summed E-state index contributed by atoms with van der Waals surface area (Å²) in [6.07, 6.45) is 2.79. The summed E-state index contributed by atoms with van der Waals surface area (Å²) in [7, 11) is 0. The standard InChI is InChI=1S/C18H18N4O2S/c1-2-13-11-25-18-20-16(15-8-3-4-9-19-15)17(21(13)18)12-6-5-7-14(10-12)22(23)24/h3-10,13,16-17H,2,11H2,1H3/t13-,16-,17-/m1/s1. The molecule has 0 radical (unpaired) electrons. The Morgan fingerprint density at radius 1 is 1.32 bits per heavy atom. The number of fused-ring (bicyclic) bond motifs is 1. The zero-order chi connectivity index (χ0) is 17.4. The first-order chi connectivity index (χ1) is 12.2. The van der Waals surface area contributed by atoms with Crippen molar-refractivity contribution < 1.29 is 4.92 Å². The number of nitrogens with zero attached hydrogens (tertiary/aromatic N) is 4. The van der Waals surface area contributed by atoms with E-state index in [1.165, 1.54) is 6.07 Å². The molecule has 0 aliphatic carbocycles. The summed E-state index contributed by atoms with van der Waals surface area (Å²) in [5.74, 6) is 1.01. The fraction of sp³-hybridized carbons (Fsp3) is 0.333. The monoisotopic (exact) mass is 354 g/mol. The van der Waals surface area contributed by atoms with Gasteiger partial charge >= 0.3 is 0 Å². The molecule has 7 heteroatoms. The molecule has 0 bridgehead atoms. The minimum absolute atomic E-state index is 0.0512. The van der Waals surface area contributed by atoms with Crippen LogP contribution in [-0.4, -0.2) is 31.8 Å². The van der Waals surface area contributed by atoms with Crippen molar-refractivity contribution in [2.24, 2.45) is 4.99 Å². The molecule has 2 aromatic rings. The van der Waals surface area contributed by atoms with Gasteiger partial charge in [-0.15, -0.1) is 0 Å². The zero-order valence-electron chi connectivity index (χ0n) is 13.8. The minimum Gasteiger partial charge on any atom is -0.338 e.